The Balaban J connectivity index is 1.94. The van der Waals surface area contributed by atoms with Crippen LogP contribution < -0.4 is 9.47 Å². The topological polar surface area (TPSA) is 68.0 Å². The van der Waals surface area contributed by atoms with Gasteiger partial charge in [0.15, 0.2) is 11.5 Å². The summed E-state index contributed by atoms with van der Waals surface area (Å²) in [5.74, 6) is 1.44. The van der Waals surface area contributed by atoms with Gasteiger partial charge in [-0.25, -0.2) is 4.98 Å². The maximum atomic E-state index is 9.02. The first-order chi connectivity index (χ1) is 12.2. The van der Waals surface area contributed by atoms with Crippen molar-refractivity contribution in [2.24, 2.45) is 0 Å². The molecule has 0 unspecified atom stereocenters. The van der Waals surface area contributed by atoms with Crippen molar-refractivity contribution in [3.63, 3.8) is 0 Å². The lowest BCUT2D eigenvalue weighted by Gasteiger charge is -2.11. The van der Waals surface area contributed by atoms with E-state index < -0.39 is 0 Å². The summed E-state index contributed by atoms with van der Waals surface area (Å²) in [6.45, 7) is 5.04. The Hall–Kier alpha value is -2.91. The van der Waals surface area contributed by atoms with Crippen molar-refractivity contribution in [1.82, 2.24) is 9.97 Å². The standard InChI is InChI=1S/C19H17N3O2S/c1-3-23-17-6-5-14(10-18(17)24-4-2)19-22-16(12-25-19)15-9-13(11-20)7-8-21-15/h5-10,12H,3-4H2,1-2H3. The van der Waals surface area contributed by atoms with E-state index in [1.165, 1.54) is 11.3 Å². The van der Waals surface area contributed by atoms with Crippen LogP contribution in [0, 0.1) is 11.3 Å². The molecule has 25 heavy (non-hydrogen) atoms. The molecule has 0 atom stereocenters. The number of rotatable bonds is 6. The minimum absolute atomic E-state index is 0.567. The Morgan fingerprint density at radius 2 is 1.84 bits per heavy atom. The molecule has 5 nitrogen and oxygen atoms in total. The molecule has 6 heteroatoms. The van der Waals surface area contributed by atoms with Crippen molar-refractivity contribution >= 4 is 11.3 Å². The number of hydrogen-bond donors (Lipinski definition) is 0. The van der Waals surface area contributed by atoms with Gasteiger partial charge in [-0.3, -0.25) is 4.98 Å². The molecular weight excluding hydrogens is 334 g/mol. The van der Waals surface area contributed by atoms with E-state index in [2.05, 4.69) is 16.0 Å². The molecule has 0 bridgehead atoms. The summed E-state index contributed by atoms with van der Waals surface area (Å²) in [5.41, 5.74) is 2.97. The molecule has 3 rings (SSSR count). The fraction of sp³-hybridized carbons (Fsp3) is 0.211. The van der Waals surface area contributed by atoms with Crippen LogP contribution in [-0.2, 0) is 0 Å². The summed E-state index contributed by atoms with van der Waals surface area (Å²) in [6.07, 6.45) is 1.62. The summed E-state index contributed by atoms with van der Waals surface area (Å²) in [5, 5.41) is 11.8. The lowest BCUT2D eigenvalue weighted by atomic mass is 10.2. The summed E-state index contributed by atoms with van der Waals surface area (Å²) < 4.78 is 11.3. The molecule has 0 fully saturated rings. The molecule has 0 spiro atoms. The number of nitriles is 1. The summed E-state index contributed by atoms with van der Waals surface area (Å²) in [7, 11) is 0. The SMILES string of the molecule is CCOc1ccc(-c2nc(-c3cc(C#N)ccn3)cs2)cc1OCC. The van der Waals surface area contributed by atoms with Gasteiger partial charge in [0.05, 0.1) is 30.5 Å². The lowest BCUT2D eigenvalue weighted by molar-refractivity contribution is 0.288. The third-order valence-electron chi connectivity index (χ3n) is 3.45. The normalized spacial score (nSPS) is 10.3. The minimum Gasteiger partial charge on any atom is -0.490 e. The number of thiazole rings is 1. The molecule has 2 heterocycles. The van der Waals surface area contributed by atoms with Crippen LogP contribution in [0.25, 0.3) is 22.0 Å². The zero-order chi connectivity index (χ0) is 17.6. The maximum Gasteiger partial charge on any atom is 0.161 e. The second kappa shape index (κ2) is 7.77. The van der Waals surface area contributed by atoms with Crippen LogP contribution in [-0.4, -0.2) is 23.2 Å². The zero-order valence-electron chi connectivity index (χ0n) is 14.0. The van der Waals surface area contributed by atoms with Gasteiger partial charge in [0.25, 0.3) is 0 Å². The summed E-state index contributed by atoms with van der Waals surface area (Å²) >= 11 is 1.53. The Morgan fingerprint density at radius 3 is 2.60 bits per heavy atom. The van der Waals surface area contributed by atoms with E-state index in [1.54, 1.807) is 18.3 Å². The van der Waals surface area contributed by atoms with Crippen LogP contribution in [0.2, 0.25) is 0 Å². The van der Waals surface area contributed by atoms with Gasteiger partial charge in [-0.05, 0) is 44.2 Å². The molecular formula is C19H17N3O2S. The fourth-order valence-corrected chi connectivity index (χ4v) is 3.16. The third kappa shape index (κ3) is 3.78. The van der Waals surface area contributed by atoms with E-state index in [9.17, 15) is 0 Å². The average molecular weight is 351 g/mol. The van der Waals surface area contributed by atoms with Crippen LogP contribution in [0.15, 0.2) is 41.9 Å². The number of ether oxygens (including phenoxy) is 2. The number of hydrogen-bond acceptors (Lipinski definition) is 6. The van der Waals surface area contributed by atoms with Crippen molar-refractivity contribution < 1.29 is 9.47 Å². The molecule has 0 amide bonds. The van der Waals surface area contributed by atoms with Crippen LogP contribution in [0.3, 0.4) is 0 Å². The highest BCUT2D eigenvalue weighted by Gasteiger charge is 2.12. The molecule has 126 valence electrons. The Morgan fingerprint density at radius 1 is 1.04 bits per heavy atom. The molecule has 0 N–H and O–H groups in total. The van der Waals surface area contributed by atoms with Crippen molar-refractivity contribution in [3.05, 3.63) is 47.5 Å². The fourth-order valence-electron chi connectivity index (χ4n) is 2.35. The third-order valence-corrected chi connectivity index (χ3v) is 4.34. The molecule has 3 aromatic rings. The molecule has 0 aliphatic carbocycles. The van der Waals surface area contributed by atoms with E-state index >= 15 is 0 Å². The van der Waals surface area contributed by atoms with Gasteiger partial charge in [0, 0.05) is 17.1 Å². The van der Waals surface area contributed by atoms with E-state index in [0.29, 0.717) is 30.2 Å². The van der Waals surface area contributed by atoms with Gasteiger partial charge in [-0.1, -0.05) is 0 Å². The highest BCUT2D eigenvalue weighted by Crippen LogP contribution is 2.35. The van der Waals surface area contributed by atoms with Crippen molar-refractivity contribution in [3.8, 4) is 39.5 Å². The highest BCUT2D eigenvalue weighted by molar-refractivity contribution is 7.13. The predicted molar refractivity (Wildman–Crippen MR) is 97.8 cm³/mol. The van der Waals surface area contributed by atoms with E-state index in [-0.39, 0.29) is 0 Å². The molecule has 1 aromatic carbocycles. The molecule has 0 aliphatic rings. The summed E-state index contributed by atoms with van der Waals surface area (Å²) in [6, 6.07) is 11.3. The zero-order valence-corrected chi connectivity index (χ0v) is 14.8. The first kappa shape index (κ1) is 16.9. The second-order valence-electron chi connectivity index (χ2n) is 5.11. The quantitative estimate of drug-likeness (QED) is 0.652. The van der Waals surface area contributed by atoms with Crippen molar-refractivity contribution in [1.29, 1.82) is 5.26 Å². The van der Waals surface area contributed by atoms with E-state index in [1.807, 2.05) is 37.4 Å². The largest absolute Gasteiger partial charge is 0.490 e. The van der Waals surface area contributed by atoms with Crippen molar-refractivity contribution in [2.45, 2.75) is 13.8 Å². The Labute approximate surface area is 150 Å². The van der Waals surface area contributed by atoms with Crippen LogP contribution >= 0.6 is 11.3 Å². The average Bonchev–Trinajstić information content (AvgIpc) is 3.14. The molecule has 2 aromatic heterocycles. The maximum absolute atomic E-state index is 9.02. The van der Waals surface area contributed by atoms with Crippen molar-refractivity contribution in [2.75, 3.05) is 13.2 Å². The lowest BCUT2D eigenvalue weighted by Crippen LogP contribution is -1.98. The first-order valence-electron chi connectivity index (χ1n) is 7.97. The van der Waals surface area contributed by atoms with E-state index in [0.717, 1.165) is 22.0 Å². The van der Waals surface area contributed by atoms with Crippen LogP contribution in [0.1, 0.15) is 19.4 Å². The number of benzene rings is 1. The Bertz CT molecular complexity index is 915. The minimum atomic E-state index is 0.567. The smallest absolute Gasteiger partial charge is 0.161 e. The van der Waals surface area contributed by atoms with Gasteiger partial charge in [0.2, 0.25) is 0 Å². The van der Waals surface area contributed by atoms with E-state index in [4.69, 9.17) is 14.7 Å². The molecule has 0 aliphatic heterocycles. The number of aromatic nitrogens is 2. The summed E-state index contributed by atoms with van der Waals surface area (Å²) in [4.78, 5) is 8.95. The van der Waals surface area contributed by atoms with Crippen LogP contribution in [0.5, 0.6) is 11.5 Å². The second-order valence-corrected chi connectivity index (χ2v) is 5.97. The van der Waals surface area contributed by atoms with Gasteiger partial charge in [-0.2, -0.15) is 5.26 Å². The number of pyridine rings is 1. The monoisotopic (exact) mass is 351 g/mol. The predicted octanol–water partition coefficient (Wildman–Crippen LogP) is 4.54. The van der Waals surface area contributed by atoms with Crippen LogP contribution in [0.4, 0.5) is 0 Å². The number of nitrogens with zero attached hydrogens (tertiary/aromatic N) is 3. The molecule has 0 radical (unpaired) electrons. The first-order valence-corrected chi connectivity index (χ1v) is 8.85. The highest BCUT2D eigenvalue weighted by atomic mass is 32.1. The molecule has 0 saturated carbocycles. The Kier molecular flexibility index (Phi) is 5.26. The molecule has 0 saturated heterocycles. The van der Waals surface area contributed by atoms with Gasteiger partial charge < -0.3 is 9.47 Å². The van der Waals surface area contributed by atoms with Gasteiger partial charge >= 0.3 is 0 Å². The van der Waals surface area contributed by atoms with Gasteiger partial charge in [0.1, 0.15) is 10.7 Å². The van der Waals surface area contributed by atoms with Gasteiger partial charge in [-0.15, -0.1) is 11.3 Å².